The third-order valence-corrected chi connectivity index (χ3v) is 5.46. The molecule has 1 aromatic heterocycles. The number of hydrogen-bond acceptors (Lipinski definition) is 4. The van der Waals surface area contributed by atoms with Crippen LogP contribution in [-0.4, -0.2) is 38.0 Å². The number of nitrogens with zero attached hydrogens (tertiary/aromatic N) is 3. The van der Waals surface area contributed by atoms with Gasteiger partial charge in [0, 0.05) is 6.04 Å². The van der Waals surface area contributed by atoms with Gasteiger partial charge in [-0.2, -0.15) is 0 Å². The Labute approximate surface area is 145 Å². The van der Waals surface area contributed by atoms with E-state index in [0.717, 1.165) is 24.8 Å². The highest BCUT2D eigenvalue weighted by atomic mass is 16.4. The molecule has 130 valence electrons. The van der Waals surface area contributed by atoms with Crippen LogP contribution in [0.2, 0.25) is 0 Å². The van der Waals surface area contributed by atoms with Crippen molar-refractivity contribution in [2.75, 3.05) is 0 Å². The highest BCUT2D eigenvalue weighted by Gasteiger charge is 2.51. The van der Waals surface area contributed by atoms with Crippen molar-refractivity contribution in [2.24, 2.45) is 17.8 Å². The lowest BCUT2D eigenvalue weighted by Crippen LogP contribution is -2.46. The van der Waals surface area contributed by atoms with Gasteiger partial charge in [0.25, 0.3) is 5.91 Å². The highest BCUT2D eigenvalue weighted by Crippen LogP contribution is 2.48. The van der Waals surface area contributed by atoms with Gasteiger partial charge in [-0.05, 0) is 36.7 Å². The first-order valence-corrected chi connectivity index (χ1v) is 8.59. The lowest BCUT2D eigenvalue weighted by Gasteiger charge is -2.28. The van der Waals surface area contributed by atoms with Crippen molar-refractivity contribution in [1.82, 2.24) is 20.3 Å². The number of rotatable bonds is 5. The monoisotopic (exact) mass is 340 g/mol. The van der Waals surface area contributed by atoms with Crippen LogP contribution < -0.4 is 5.32 Å². The number of carbonyl (C=O) groups is 2. The summed E-state index contributed by atoms with van der Waals surface area (Å²) in [5.41, 5.74) is 1.29. The van der Waals surface area contributed by atoms with Gasteiger partial charge in [0.1, 0.15) is 0 Å². The van der Waals surface area contributed by atoms with Crippen molar-refractivity contribution in [1.29, 1.82) is 0 Å². The van der Waals surface area contributed by atoms with Gasteiger partial charge < -0.3 is 10.4 Å². The van der Waals surface area contributed by atoms with Gasteiger partial charge in [-0.25, -0.2) is 4.68 Å². The zero-order chi connectivity index (χ0) is 17.4. The summed E-state index contributed by atoms with van der Waals surface area (Å²) in [5, 5.41) is 20.3. The van der Waals surface area contributed by atoms with Crippen LogP contribution in [-0.2, 0) is 11.3 Å². The maximum absolute atomic E-state index is 12.5. The predicted molar refractivity (Wildman–Crippen MR) is 88.8 cm³/mol. The maximum atomic E-state index is 12.5. The smallest absolute Gasteiger partial charge is 0.308 e. The van der Waals surface area contributed by atoms with E-state index < -0.39 is 11.9 Å². The summed E-state index contributed by atoms with van der Waals surface area (Å²) in [4.78, 5) is 24.0. The van der Waals surface area contributed by atoms with Gasteiger partial charge in [0.15, 0.2) is 5.69 Å². The fourth-order valence-corrected chi connectivity index (χ4v) is 4.33. The number of amides is 1. The number of carboxylic acids is 1. The van der Waals surface area contributed by atoms with Crippen LogP contribution in [0.25, 0.3) is 0 Å². The van der Waals surface area contributed by atoms with Crippen LogP contribution in [0.1, 0.15) is 35.3 Å². The Balaban J connectivity index is 1.44. The number of benzene rings is 1. The summed E-state index contributed by atoms with van der Waals surface area (Å²) < 4.78 is 1.61. The van der Waals surface area contributed by atoms with Gasteiger partial charge in [-0.1, -0.05) is 35.5 Å². The molecule has 0 unspecified atom stereocenters. The molecular formula is C18H20N4O3. The van der Waals surface area contributed by atoms with E-state index in [4.69, 9.17) is 0 Å². The summed E-state index contributed by atoms with van der Waals surface area (Å²) in [7, 11) is 0. The van der Waals surface area contributed by atoms with E-state index in [1.54, 1.807) is 10.9 Å². The fraction of sp³-hybridized carbons (Fsp3) is 0.444. The molecule has 2 aromatic rings. The normalized spacial score (nSPS) is 27.4. The van der Waals surface area contributed by atoms with Crippen LogP contribution in [0.4, 0.5) is 0 Å². The lowest BCUT2D eigenvalue weighted by molar-refractivity contribution is -0.144. The number of nitrogens with one attached hydrogen (secondary N) is 1. The van der Waals surface area contributed by atoms with Crippen LogP contribution >= 0.6 is 0 Å². The van der Waals surface area contributed by atoms with Crippen molar-refractivity contribution in [3.05, 3.63) is 47.8 Å². The Morgan fingerprint density at radius 1 is 1.20 bits per heavy atom. The van der Waals surface area contributed by atoms with Gasteiger partial charge in [-0.3, -0.25) is 9.59 Å². The number of carboxylic acid groups (broad SMARTS) is 1. The van der Waals surface area contributed by atoms with E-state index in [-0.39, 0.29) is 29.5 Å². The van der Waals surface area contributed by atoms with Gasteiger partial charge in [0.2, 0.25) is 0 Å². The second-order valence-corrected chi connectivity index (χ2v) is 6.98. The highest BCUT2D eigenvalue weighted by molar-refractivity contribution is 5.92. The van der Waals surface area contributed by atoms with Crippen LogP contribution in [0.3, 0.4) is 0 Å². The van der Waals surface area contributed by atoms with Gasteiger partial charge >= 0.3 is 5.97 Å². The molecule has 2 fully saturated rings. The molecule has 2 aliphatic rings. The van der Waals surface area contributed by atoms with Gasteiger partial charge in [0.05, 0.1) is 18.7 Å². The maximum Gasteiger partial charge on any atom is 0.308 e. The quantitative estimate of drug-likeness (QED) is 0.861. The third kappa shape index (κ3) is 3.01. The summed E-state index contributed by atoms with van der Waals surface area (Å²) >= 11 is 0. The zero-order valence-corrected chi connectivity index (χ0v) is 13.7. The summed E-state index contributed by atoms with van der Waals surface area (Å²) in [6, 6.07) is 9.49. The predicted octanol–water partition coefficient (Wildman–Crippen LogP) is 1.56. The van der Waals surface area contributed by atoms with E-state index in [2.05, 4.69) is 15.6 Å². The largest absolute Gasteiger partial charge is 0.481 e. The molecule has 0 saturated heterocycles. The van der Waals surface area contributed by atoms with Gasteiger partial charge in [-0.15, -0.1) is 5.10 Å². The molecule has 2 aliphatic carbocycles. The lowest BCUT2D eigenvalue weighted by atomic mass is 9.84. The number of hydrogen-bond donors (Lipinski definition) is 2. The van der Waals surface area contributed by atoms with E-state index in [1.165, 1.54) is 0 Å². The molecule has 1 amide bonds. The van der Waals surface area contributed by atoms with E-state index in [9.17, 15) is 14.7 Å². The van der Waals surface area contributed by atoms with E-state index >= 15 is 0 Å². The minimum absolute atomic E-state index is 0.182. The Morgan fingerprint density at radius 3 is 2.72 bits per heavy atom. The standard InChI is InChI=1S/C18H20N4O3/c23-17(19-16-13-7-6-12(8-13)15(16)18(24)25)14-10-22(21-20-14)9-11-4-2-1-3-5-11/h1-5,10,12-13,15-16H,6-9H2,(H,19,23)(H,24,25)/t12-,13-,15-,16-/m0/s1. The molecule has 2 N–H and O–H groups in total. The first-order valence-electron chi connectivity index (χ1n) is 8.59. The fourth-order valence-electron chi connectivity index (χ4n) is 4.33. The second kappa shape index (κ2) is 6.31. The number of aromatic nitrogens is 3. The summed E-state index contributed by atoms with van der Waals surface area (Å²) in [5.74, 6) is -1.20. The molecule has 25 heavy (non-hydrogen) atoms. The molecule has 0 spiro atoms. The van der Waals surface area contributed by atoms with Crippen molar-refractivity contribution in [3.8, 4) is 0 Å². The van der Waals surface area contributed by atoms with Crippen LogP contribution in [0.15, 0.2) is 36.5 Å². The average Bonchev–Trinajstić information content (AvgIpc) is 3.31. The molecular weight excluding hydrogens is 320 g/mol. The average molecular weight is 340 g/mol. The second-order valence-electron chi connectivity index (χ2n) is 6.98. The molecule has 1 aromatic carbocycles. The van der Waals surface area contributed by atoms with Crippen LogP contribution in [0.5, 0.6) is 0 Å². The van der Waals surface area contributed by atoms with Crippen molar-refractivity contribution in [3.63, 3.8) is 0 Å². The molecule has 2 bridgehead atoms. The topological polar surface area (TPSA) is 97.1 Å². The first kappa shape index (κ1) is 15.8. The zero-order valence-electron chi connectivity index (χ0n) is 13.7. The Hall–Kier alpha value is -2.70. The van der Waals surface area contributed by atoms with Crippen molar-refractivity contribution < 1.29 is 14.7 Å². The first-order chi connectivity index (χ1) is 12.1. The summed E-state index contributed by atoms with van der Waals surface area (Å²) in [6.07, 6.45) is 4.43. The van der Waals surface area contributed by atoms with Crippen LogP contribution in [0, 0.1) is 17.8 Å². The molecule has 2 saturated carbocycles. The van der Waals surface area contributed by atoms with E-state index in [0.29, 0.717) is 6.54 Å². The molecule has 4 atom stereocenters. The Kier molecular flexibility index (Phi) is 3.99. The minimum Gasteiger partial charge on any atom is -0.481 e. The van der Waals surface area contributed by atoms with Crippen molar-refractivity contribution in [2.45, 2.75) is 31.8 Å². The van der Waals surface area contributed by atoms with Crippen molar-refractivity contribution >= 4 is 11.9 Å². The molecule has 1 heterocycles. The SMILES string of the molecule is O=C(N[C@H]1[C@H]2CC[C@@H](C2)[C@@H]1C(=O)O)c1cn(Cc2ccccc2)nn1. The molecule has 0 radical (unpaired) electrons. The molecule has 7 heteroatoms. The molecule has 7 nitrogen and oxygen atoms in total. The summed E-state index contributed by atoms with van der Waals surface area (Å²) in [6.45, 7) is 0.535. The molecule has 0 aliphatic heterocycles. The molecule has 4 rings (SSSR count). The van der Waals surface area contributed by atoms with E-state index in [1.807, 2.05) is 30.3 Å². The Morgan fingerprint density at radius 2 is 1.96 bits per heavy atom. The minimum atomic E-state index is -0.815. The number of aliphatic carboxylic acids is 1. The number of fused-ring (bicyclic) bond motifs is 2. The number of carbonyl (C=O) groups excluding carboxylic acids is 1. The Bertz CT molecular complexity index is 789. The third-order valence-electron chi connectivity index (χ3n) is 5.46.